The van der Waals surface area contributed by atoms with Gasteiger partial charge in [0.15, 0.2) is 0 Å². The molecule has 4 nitrogen and oxygen atoms in total. The zero-order valence-electron chi connectivity index (χ0n) is 20.0. The Morgan fingerprint density at radius 1 is 0.971 bits per heavy atom. The summed E-state index contributed by atoms with van der Waals surface area (Å²) in [4.78, 5) is 2.32. The number of hydrogen-bond acceptors (Lipinski definition) is 3. The van der Waals surface area contributed by atoms with Gasteiger partial charge in [0.25, 0.3) is 0 Å². The van der Waals surface area contributed by atoms with Crippen LogP contribution in [0, 0.1) is 18.7 Å². The molecular weight excluding hydrogens is 483 g/mol. The molecule has 0 bridgehead atoms. The van der Waals surface area contributed by atoms with Crippen molar-refractivity contribution in [1.29, 1.82) is 0 Å². The van der Waals surface area contributed by atoms with E-state index in [1.54, 1.807) is 42.5 Å². The lowest BCUT2D eigenvalue weighted by atomic mass is 9.83. The van der Waals surface area contributed by atoms with Gasteiger partial charge in [-0.2, -0.15) is 4.31 Å². The van der Waals surface area contributed by atoms with E-state index in [-0.39, 0.29) is 16.8 Å². The van der Waals surface area contributed by atoms with Gasteiger partial charge < -0.3 is 4.90 Å². The van der Waals surface area contributed by atoms with E-state index in [4.69, 9.17) is 11.6 Å². The number of aryl methyl sites for hydroxylation is 1. The van der Waals surface area contributed by atoms with Gasteiger partial charge in [0, 0.05) is 30.9 Å². The van der Waals surface area contributed by atoms with Crippen LogP contribution in [0.3, 0.4) is 0 Å². The molecule has 1 aliphatic carbocycles. The highest BCUT2D eigenvalue weighted by molar-refractivity contribution is 7.89. The van der Waals surface area contributed by atoms with Crippen LogP contribution in [0.4, 0.5) is 15.8 Å². The van der Waals surface area contributed by atoms with E-state index in [0.717, 1.165) is 31.4 Å². The van der Waals surface area contributed by atoms with Crippen LogP contribution in [-0.2, 0) is 10.0 Å². The first-order valence-corrected chi connectivity index (χ1v) is 14.0. The van der Waals surface area contributed by atoms with Gasteiger partial charge in [-0.1, -0.05) is 55.1 Å². The molecule has 1 saturated carbocycles. The smallest absolute Gasteiger partial charge is 0.245 e. The predicted octanol–water partition coefficient (Wildman–Crippen LogP) is 7.18. The summed E-state index contributed by atoms with van der Waals surface area (Å²) < 4.78 is 43.6. The van der Waals surface area contributed by atoms with Crippen molar-refractivity contribution in [3.63, 3.8) is 0 Å². The minimum absolute atomic E-state index is 0.150. The molecule has 1 heterocycles. The fraction of sp³-hybridized carbons (Fsp3) is 0.357. The van der Waals surface area contributed by atoms with E-state index >= 15 is 0 Å². The van der Waals surface area contributed by atoms with Crippen molar-refractivity contribution in [3.05, 3.63) is 77.1 Å². The van der Waals surface area contributed by atoms with Crippen LogP contribution in [-0.4, -0.2) is 32.4 Å². The summed E-state index contributed by atoms with van der Waals surface area (Å²) >= 11 is 6.78. The molecule has 35 heavy (non-hydrogen) atoms. The molecule has 5 rings (SSSR count). The highest BCUT2D eigenvalue weighted by Crippen LogP contribution is 2.44. The first-order valence-electron chi connectivity index (χ1n) is 12.2. The van der Waals surface area contributed by atoms with E-state index in [1.165, 1.54) is 12.5 Å². The maximum absolute atomic E-state index is 14.1. The standard InChI is InChI=1S/C28H30ClFN2O2S/c1-19-15-21(13-14-25(19)30)23-16-28-26(17-24(23)29)32(22-11-7-4-8-12-22)18-27(31(2)35(28,33)34)20-9-5-3-6-10-20/h4,7-8,11-17,20,27H,3,5-6,9-10,18H2,1-2H3/t27-/m0/s1. The molecule has 0 saturated heterocycles. The summed E-state index contributed by atoms with van der Waals surface area (Å²) in [7, 11) is -2.09. The van der Waals surface area contributed by atoms with Crippen molar-refractivity contribution in [1.82, 2.24) is 4.31 Å². The minimum atomic E-state index is -3.80. The average molecular weight is 513 g/mol. The van der Waals surface area contributed by atoms with Crippen molar-refractivity contribution in [3.8, 4) is 11.1 Å². The third-order valence-corrected chi connectivity index (χ3v) is 9.79. The molecule has 1 atom stereocenters. The molecule has 1 fully saturated rings. The summed E-state index contributed by atoms with van der Waals surface area (Å²) in [6.07, 6.45) is 5.54. The lowest BCUT2D eigenvalue weighted by Crippen LogP contribution is -2.46. The maximum atomic E-state index is 14.1. The van der Waals surface area contributed by atoms with Crippen molar-refractivity contribution < 1.29 is 12.8 Å². The predicted molar refractivity (Wildman–Crippen MR) is 140 cm³/mol. The van der Waals surface area contributed by atoms with Gasteiger partial charge >= 0.3 is 0 Å². The molecule has 0 amide bonds. The first kappa shape index (κ1) is 24.3. The van der Waals surface area contributed by atoms with Gasteiger partial charge in [-0.25, -0.2) is 12.8 Å². The number of hydrogen-bond donors (Lipinski definition) is 0. The SMILES string of the molecule is Cc1cc(-c2cc3c(cc2Cl)N(c2ccccc2)C[C@@H](C2CCCCC2)N(C)S3(=O)=O)ccc1F. The first-order chi connectivity index (χ1) is 16.8. The largest absolute Gasteiger partial charge is 0.339 e. The van der Waals surface area contributed by atoms with Crippen molar-refractivity contribution >= 4 is 33.0 Å². The molecule has 3 aromatic carbocycles. The van der Waals surface area contributed by atoms with Crippen molar-refractivity contribution in [2.24, 2.45) is 5.92 Å². The third kappa shape index (κ3) is 4.48. The summed E-state index contributed by atoms with van der Waals surface area (Å²) in [5.74, 6) is -0.00342. The van der Waals surface area contributed by atoms with Crippen molar-refractivity contribution in [2.45, 2.75) is 50.0 Å². The Kier molecular flexibility index (Phi) is 6.64. The second-order valence-electron chi connectivity index (χ2n) is 9.70. The quantitative estimate of drug-likeness (QED) is 0.373. The zero-order valence-corrected chi connectivity index (χ0v) is 21.6. The molecule has 2 aliphatic rings. The van der Waals surface area contributed by atoms with E-state index < -0.39 is 10.0 Å². The Morgan fingerprint density at radius 2 is 1.69 bits per heavy atom. The number of anilines is 2. The lowest BCUT2D eigenvalue weighted by molar-refractivity contribution is 0.218. The van der Waals surface area contributed by atoms with E-state index in [2.05, 4.69) is 4.90 Å². The van der Waals surface area contributed by atoms with Crippen LogP contribution >= 0.6 is 11.6 Å². The van der Waals surface area contributed by atoms with E-state index in [9.17, 15) is 12.8 Å². The van der Waals surface area contributed by atoms with Gasteiger partial charge in [-0.15, -0.1) is 0 Å². The minimum Gasteiger partial charge on any atom is -0.339 e. The fourth-order valence-electron chi connectivity index (χ4n) is 5.54. The number of likely N-dealkylation sites (N-methyl/N-ethyl adjacent to an activating group) is 1. The summed E-state index contributed by atoms with van der Waals surface area (Å²) in [5, 5.41) is 0.435. The molecule has 0 aromatic heterocycles. The molecule has 3 aromatic rings. The summed E-state index contributed by atoms with van der Waals surface area (Å²) in [6, 6.07) is 17.9. The maximum Gasteiger partial charge on any atom is 0.245 e. The highest BCUT2D eigenvalue weighted by atomic mass is 35.5. The molecule has 0 radical (unpaired) electrons. The summed E-state index contributed by atoms with van der Waals surface area (Å²) in [5.41, 5.74) is 3.26. The number of fused-ring (bicyclic) bond motifs is 1. The highest BCUT2D eigenvalue weighted by Gasteiger charge is 2.41. The average Bonchev–Trinajstić information content (AvgIpc) is 2.94. The number of para-hydroxylation sites is 1. The van der Waals surface area contributed by atoms with Gasteiger partial charge in [0.05, 0.1) is 10.7 Å². The molecule has 184 valence electrons. The monoisotopic (exact) mass is 512 g/mol. The summed E-state index contributed by atoms with van der Waals surface area (Å²) in [6.45, 7) is 2.25. The zero-order chi connectivity index (χ0) is 24.7. The van der Waals surface area contributed by atoms with Gasteiger partial charge in [-0.05, 0) is 73.2 Å². The topological polar surface area (TPSA) is 40.6 Å². The van der Waals surface area contributed by atoms with Crippen molar-refractivity contribution in [2.75, 3.05) is 18.5 Å². The molecule has 7 heteroatoms. The Labute approximate surface area is 212 Å². The van der Waals surface area contributed by atoms with Gasteiger partial charge in [0.1, 0.15) is 10.7 Å². The van der Waals surface area contributed by atoms with Crippen LogP contribution in [0.5, 0.6) is 0 Å². The van der Waals surface area contributed by atoms with Crippen LogP contribution in [0.1, 0.15) is 37.7 Å². The molecule has 0 spiro atoms. The fourth-order valence-corrected chi connectivity index (χ4v) is 7.42. The van der Waals surface area contributed by atoms with Crippen LogP contribution in [0.15, 0.2) is 65.6 Å². The van der Waals surface area contributed by atoms with E-state index in [0.29, 0.717) is 39.9 Å². The number of benzene rings is 3. The lowest BCUT2D eigenvalue weighted by Gasteiger charge is -2.36. The second kappa shape index (κ2) is 9.57. The molecule has 0 unspecified atom stereocenters. The molecule has 0 N–H and O–H groups in total. The van der Waals surface area contributed by atoms with E-state index in [1.807, 2.05) is 30.3 Å². The molecular formula is C28H30ClFN2O2S. The van der Waals surface area contributed by atoms with Crippen LogP contribution in [0.2, 0.25) is 5.02 Å². The Hall–Kier alpha value is -2.41. The second-order valence-corrected chi connectivity index (χ2v) is 12.1. The Morgan fingerprint density at radius 3 is 2.37 bits per heavy atom. The van der Waals surface area contributed by atoms with Crippen LogP contribution < -0.4 is 4.90 Å². The van der Waals surface area contributed by atoms with Crippen LogP contribution in [0.25, 0.3) is 11.1 Å². The van der Waals surface area contributed by atoms with Gasteiger partial charge in [-0.3, -0.25) is 0 Å². The Bertz CT molecular complexity index is 1340. The number of halogens is 2. The number of rotatable bonds is 3. The number of nitrogens with zero attached hydrogens (tertiary/aromatic N) is 2. The normalized spacial score (nSPS) is 20.9. The molecule has 1 aliphatic heterocycles. The third-order valence-electron chi connectivity index (χ3n) is 7.56. The Balaban J connectivity index is 1.71. The van der Waals surface area contributed by atoms with Gasteiger partial charge in [0.2, 0.25) is 10.0 Å². The number of sulfonamides is 1.